The lowest BCUT2D eigenvalue weighted by Gasteiger charge is -2.14. The Morgan fingerprint density at radius 1 is 1.50 bits per heavy atom. The summed E-state index contributed by atoms with van der Waals surface area (Å²) in [4.78, 5) is 11.5. The van der Waals surface area contributed by atoms with Crippen molar-refractivity contribution in [2.75, 3.05) is 12.0 Å². The molecule has 0 saturated carbocycles. The molecule has 1 unspecified atom stereocenters. The molecule has 0 heterocycles. The molecule has 0 aliphatic carbocycles. The molecule has 1 aromatic carbocycles. The Balaban J connectivity index is 2.87. The first kappa shape index (κ1) is 15.0. The van der Waals surface area contributed by atoms with Crippen LogP contribution in [0.15, 0.2) is 29.2 Å². The van der Waals surface area contributed by atoms with Gasteiger partial charge in [-0.2, -0.15) is 11.8 Å². The zero-order valence-corrected chi connectivity index (χ0v) is 11.8. The number of thioether (sulfide) groups is 1. The van der Waals surface area contributed by atoms with Gasteiger partial charge in [0.1, 0.15) is 0 Å². The maximum Gasteiger partial charge on any atom is 0.238 e. The fraction of sp³-hybridized carbons (Fsp3) is 0.364. The molecular weight excluding hydrogens is 272 g/mol. The first-order chi connectivity index (χ1) is 8.34. The van der Waals surface area contributed by atoms with E-state index in [0.29, 0.717) is 11.3 Å². The lowest BCUT2D eigenvalue weighted by Crippen LogP contribution is -2.28. The van der Waals surface area contributed by atoms with Crippen molar-refractivity contribution in [2.24, 2.45) is 5.14 Å². The van der Waals surface area contributed by atoms with Crippen LogP contribution in [0.2, 0.25) is 0 Å². The molecule has 18 heavy (non-hydrogen) atoms. The van der Waals surface area contributed by atoms with Crippen molar-refractivity contribution in [2.45, 2.75) is 17.9 Å². The van der Waals surface area contributed by atoms with Crippen LogP contribution in [0.4, 0.5) is 0 Å². The van der Waals surface area contributed by atoms with E-state index in [9.17, 15) is 13.2 Å². The summed E-state index contributed by atoms with van der Waals surface area (Å²) in [6, 6.07) is 5.99. The average Bonchev–Trinajstić information content (AvgIpc) is 2.28. The van der Waals surface area contributed by atoms with E-state index in [1.165, 1.54) is 23.9 Å². The fourth-order valence-electron chi connectivity index (χ4n) is 1.46. The van der Waals surface area contributed by atoms with E-state index in [4.69, 9.17) is 5.14 Å². The topological polar surface area (TPSA) is 89.3 Å². The number of carbonyl (C=O) groups is 1. The summed E-state index contributed by atoms with van der Waals surface area (Å²) in [5, 5.41) is 7.84. The average molecular weight is 288 g/mol. The van der Waals surface area contributed by atoms with Crippen LogP contribution in [0.5, 0.6) is 0 Å². The van der Waals surface area contributed by atoms with Crippen LogP contribution in [0.25, 0.3) is 0 Å². The van der Waals surface area contributed by atoms with Gasteiger partial charge in [0.05, 0.1) is 16.7 Å². The molecule has 0 spiro atoms. The van der Waals surface area contributed by atoms with Crippen LogP contribution in [-0.4, -0.2) is 26.3 Å². The number of hydrogen-bond donors (Lipinski definition) is 2. The Hall–Kier alpha value is -1.05. The third-order valence-electron chi connectivity index (χ3n) is 2.34. The molecule has 1 aromatic rings. The summed E-state index contributed by atoms with van der Waals surface area (Å²) in [5.74, 6) is 0.287. The van der Waals surface area contributed by atoms with Gasteiger partial charge in [0, 0.05) is 0 Å². The summed E-state index contributed by atoms with van der Waals surface area (Å²) in [6.45, 7) is 1.79. The maximum atomic E-state index is 11.4. The monoisotopic (exact) mass is 288 g/mol. The zero-order valence-electron chi connectivity index (χ0n) is 10.2. The Labute approximate surface area is 111 Å². The highest BCUT2D eigenvalue weighted by Gasteiger charge is 2.13. The maximum absolute atomic E-state index is 11.4. The van der Waals surface area contributed by atoms with Crippen LogP contribution >= 0.6 is 11.8 Å². The molecule has 0 fully saturated rings. The van der Waals surface area contributed by atoms with E-state index >= 15 is 0 Å². The number of amides is 1. The van der Waals surface area contributed by atoms with Crippen molar-refractivity contribution in [3.63, 3.8) is 0 Å². The molecule has 0 aliphatic heterocycles. The number of hydrogen-bond acceptors (Lipinski definition) is 4. The number of benzene rings is 1. The van der Waals surface area contributed by atoms with Gasteiger partial charge in [-0.05, 0) is 30.9 Å². The lowest BCUT2D eigenvalue weighted by atomic mass is 10.1. The van der Waals surface area contributed by atoms with Gasteiger partial charge in [0.25, 0.3) is 0 Å². The molecule has 0 radical (unpaired) electrons. The van der Waals surface area contributed by atoms with E-state index in [0.717, 1.165) is 0 Å². The standard InChI is InChI=1S/C11H16N2O3S2/c1-8(13-11(14)7-17-2)9-4-3-5-10(6-9)18(12,15)16/h3-6,8H,7H2,1-2H3,(H,13,14)(H2,12,15,16). The van der Waals surface area contributed by atoms with Gasteiger partial charge in [0.2, 0.25) is 15.9 Å². The number of nitrogens with one attached hydrogen (secondary N) is 1. The normalized spacial score (nSPS) is 13.1. The highest BCUT2D eigenvalue weighted by atomic mass is 32.2. The molecular formula is C11H16N2O3S2. The predicted octanol–water partition coefficient (Wildman–Crippen LogP) is 0.874. The van der Waals surface area contributed by atoms with Crippen molar-refractivity contribution in [3.8, 4) is 0 Å². The van der Waals surface area contributed by atoms with Gasteiger partial charge in [-0.3, -0.25) is 4.79 Å². The largest absolute Gasteiger partial charge is 0.349 e. The molecule has 7 heteroatoms. The summed E-state index contributed by atoms with van der Waals surface area (Å²) >= 11 is 1.43. The first-order valence-electron chi connectivity index (χ1n) is 5.25. The minimum absolute atomic E-state index is 0.0472. The van der Waals surface area contributed by atoms with E-state index in [1.54, 1.807) is 19.1 Å². The molecule has 0 saturated heterocycles. The SMILES string of the molecule is CSCC(=O)NC(C)c1cccc(S(N)(=O)=O)c1. The van der Waals surface area contributed by atoms with Crippen LogP contribution in [0, 0.1) is 0 Å². The molecule has 5 nitrogen and oxygen atoms in total. The molecule has 0 aliphatic rings. The quantitative estimate of drug-likeness (QED) is 0.841. The first-order valence-corrected chi connectivity index (χ1v) is 8.19. The summed E-state index contributed by atoms with van der Waals surface area (Å²) < 4.78 is 22.4. The Morgan fingerprint density at radius 2 is 2.17 bits per heavy atom. The Bertz CT molecular complexity index is 529. The molecule has 0 aromatic heterocycles. The summed E-state index contributed by atoms with van der Waals surface area (Å²) in [7, 11) is -3.71. The minimum Gasteiger partial charge on any atom is -0.349 e. The van der Waals surface area contributed by atoms with Gasteiger partial charge in [-0.25, -0.2) is 13.6 Å². The number of rotatable bonds is 5. The van der Waals surface area contributed by atoms with Gasteiger partial charge < -0.3 is 5.32 Å². The number of primary sulfonamides is 1. The summed E-state index contributed by atoms with van der Waals surface area (Å²) in [5.41, 5.74) is 0.705. The van der Waals surface area contributed by atoms with Crippen molar-refractivity contribution >= 4 is 27.7 Å². The van der Waals surface area contributed by atoms with Crippen LogP contribution < -0.4 is 10.5 Å². The van der Waals surface area contributed by atoms with E-state index in [1.807, 2.05) is 6.26 Å². The van der Waals surface area contributed by atoms with Gasteiger partial charge >= 0.3 is 0 Å². The van der Waals surface area contributed by atoms with Crippen LogP contribution in [-0.2, 0) is 14.8 Å². The molecule has 100 valence electrons. The van der Waals surface area contributed by atoms with Crippen molar-refractivity contribution in [3.05, 3.63) is 29.8 Å². The second kappa shape index (κ2) is 6.21. The third-order valence-corrected chi connectivity index (χ3v) is 3.80. The summed E-state index contributed by atoms with van der Waals surface area (Å²) in [6.07, 6.45) is 1.84. The van der Waals surface area contributed by atoms with E-state index in [-0.39, 0.29) is 16.8 Å². The highest BCUT2D eigenvalue weighted by molar-refractivity contribution is 7.99. The fourth-order valence-corrected chi connectivity index (χ4v) is 2.37. The Morgan fingerprint density at radius 3 is 2.72 bits per heavy atom. The van der Waals surface area contributed by atoms with Gasteiger partial charge in [-0.1, -0.05) is 12.1 Å². The van der Waals surface area contributed by atoms with E-state index in [2.05, 4.69) is 5.32 Å². The highest BCUT2D eigenvalue weighted by Crippen LogP contribution is 2.16. The third kappa shape index (κ3) is 4.32. The van der Waals surface area contributed by atoms with Crippen LogP contribution in [0.3, 0.4) is 0 Å². The molecule has 1 amide bonds. The molecule has 1 atom stereocenters. The second-order valence-corrected chi connectivity index (χ2v) is 6.27. The number of nitrogens with two attached hydrogens (primary N) is 1. The van der Waals surface area contributed by atoms with Crippen molar-refractivity contribution in [1.82, 2.24) is 5.32 Å². The predicted molar refractivity (Wildman–Crippen MR) is 72.8 cm³/mol. The second-order valence-electron chi connectivity index (χ2n) is 3.84. The van der Waals surface area contributed by atoms with Crippen LogP contribution in [0.1, 0.15) is 18.5 Å². The molecule has 1 rings (SSSR count). The minimum atomic E-state index is -3.71. The van der Waals surface area contributed by atoms with E-state index < -0.39 is 10.0 Å². The number of carbonyl (C=O) groups excluding carboxylic acids is 1. The lowest BCUT2D eigenvalue weighted by molar-refractivity contribution is -0.119. The smallest absolute Gasteiger partial charge is 0.238 e. The van der Waals surface area contributed by atoms with Crippen molar-refractivity contribution in [1.29, 1.82) is 0 Å². The Kier molecular flexibility index (Phi) is 5.18. The van der Waals surface area contributed by atoms with Gasteiger partial charge in [-0.15, -0.1) is 0 Å². The van der Waals surface area contributed by atoms with Crippen molar-refractivity contribution < 1.29 is 13.2 Å². The zero-order chi connectivity index (χ0) is 13.8. The molecule has 3 N–H and O–H groups in total. The van der Waals surface area contributed by atoms with Gasteiger partial charge in [0.15, 0.2) is 0 Å². The molecule has 0 bridgehead atoms. The number of sulfonamides is 1.